The Hall–Kier alpha value is -1.84. The molecule has 0 aliphatic carbocycles. The first kappa shape index (κ1) is 9.71. The van der Waals surface area contributed by atoms with E-state index in [1.54, 1.807) is 13.3 Å². The molecule has 0 aliphatic heterocycles. The van der Waals surface area contributed by atoms with Gasteiger partial charge in [-0.25, -0.2) is 9.97 Å². The molecule has 2 rings (SSSR count). The minimum absolute atomic E-state index is 0.612. The highest BCUT2D eigenvalue weighted by Gasteiger charge is 2.00. The van der Waals surface area contributed by atoms with Crippen LogP contribution >= 0.6 is 0 Å². The van der Waals surface area contributed by atoms with Gasteiger partial charge < -0.3 is 10.1 Å². The van der Waals surface area contributed by atoms with E-state index in [0.717, 1.165) is 23.3 Å². The second-order valence-electron chi connectivity index (χ2n) is 3.15. The Morgan fingerprint density at radius 2 is 2.27 bits per heavy atom. The van der Waals surface area contributed by atoms with Gasteiger partial charge in [-0.3, -0.25) is 0 Å². The average molecular weight is 203 g/mol. The number of nitrogens with zero attached hydrogens (tertiary/aromatic N) is 2. The van der Waals surface area contributed by atoms with Gasteiger partial charge in [-0.2, -0.15) is 0 Å². The van der Waals surface area contributed by atoms with E-state index in [1.807, 2.05) is 25.1 Å². The summed E-state index contributed by atoms with van der Waals surface area (Å²) in [4.78, 5) is 8.53. The van der Waals surface area contributed by atoms with E-state index in [4.69, 9.17) is 4.74 Å². The molecule has 0 fully saturated rings. The quantitative estimate of drug-likeness (QED) is 0.829. The average Bonchev–Trinajstić information content (AvgIpc) is 2.29. The molecule has 15 heavy (non-hydrogen) atoms. The van der Waals surface area contributed by atoms with Crippen molar-refractivity contribution in [2.24, 2.45) is 0 Å². The Balaban J connectivity index is 2.45. The van der Waals surface area contributed by atoms with E-state index < -0.39 is 0 Å². The highest BCUT2D eigenvalue weighted by atomic mass is 16.5. The smallest absolute Gasteiger partial charge is 0.213 e. The molecule has 0 spiro atoms. The third-order valence-electron chi connectivity index (χ3n) is 2.12. The highest BCUT2D eigenvalue weighted by Crippen LogP contribution is 2.17. The van der Waals surface area contributed by atoms with Crippen LogP contribution in [0.4, 0.5) is 5.82 Å². The molecule has 0 bridgehead atoms. The predicted molar refractivity (Wildman–Crippen MR) is 60.3 cm³/mol. The van der Waals surface area contributed by atoms with Crippen molar-refractivity contribution in [1.82, 2.24) is 9.97 Å². The van der Waals surface area contributed by atoms with E-state index in [1.165, 1.54) is 0 Å². The summed E-state index contributed by atoms with van der Waals surface area (Å²) in [5, 5.41) is 4.22. The highest BCUT2D eigenvalue weighted by molar-refractivity contribution is 5.80. The molecule has 0 aliphatic rings. The maximum absolute atomic E-state index is 5.05. The van der Waals surface area contributed by atoms with Gasteiger partial charge in [0, 0.05) is 18.0 Å². The van der Waals surface area contributed by atoms with Crippen LogP contribution in [-0.2, 0) is 0 Å². The zero-order chi connectivity index (χ0) is 10.7. The van der Waals surface area contributed by atoms with Crippen LogP contribution in [0.5, 0.6) is 5.88 Å². The number of nitrogens with one attached hydrogen (secondary N) is 1. The van der Waals surface area contributed by atoms with Crippen LogP contribution in [0.3, 0.4) is 0 Å². The predicted octanol–water partition coefficient (Wildman–Crippen LogP) is 2.07. The lowest BCUT2D eigenvalue weighted by molar-refractivity contribution is 0.399. The fourth-order valence-corrected chi connectivity index (χ4v) is 1.40. The molecule has 0 saturated carbocycles. The zero-order valence-electron chi connectivity index (χ0n) is 8.82. The van der Waals surface area contributed by atoms with Crippen LogP contribution in [0.25, 0.3) is 10.9 Å². The summed E-state index contributed by atoms with van der Waals surface area (Å²) in [6.07, 6.45) is 1.75. The molecule has 0 aromatic carbocycles. The molecule has 0 radical (unpaired) electrons. The van der Waals surface area contributed by atoms with Gasteiger partial charge in [0.2, 0.25) is 5.88 Å². The van der Waals surface area contributed by atoms with Crippen molar-refractivity contribution in [3.63, 3.8) is 0 Å². The van der Waals surface area contributed by atoms with Gasteiger partial charge in [0.05, 0.1) is 18.8 Å². The molecule has 78 valence electrons. The van der Waals surface area contributed by atoms with Crippen LogP contribution in [0.1, 0.15) is 6.92 Å². The number of fused-ring (bicyclic) bond motifs is 1. The fraction of sp³-hybridized carbons (Fsp3) is 0.273. The summed E-state index contributed by atoms with van der Waals surface area (Å²) >= 11 is 0. The summed E-state index contributed by atoms with van der Waals surface area (Å²) in [7, 11) is 1.61. The van der Waals surface area contributed by atoms with Gasteiger partial charge >= 0.3 is 0 Å². The summed E-state index contributed by atoms with van der Waals surface area (Å²) in [5.74, 6) is 1.48. The number of aromatic nitrogens is 2. The monoisotopic (exact) mass is 203 g/mol. The third-order valence-corrected chi connectivity index (χ3v) is 2.12. The number of anilines is 1. The first-order chi connectivity index (χ1) is 7.33. The minimum atomic E-state index is 0.612. The lowest BCUT2D eigenvalue weighted by Gasteiger charge is -2.04. The van der Waals surface area contributed by atoms with Gasteiger partial charge in [-0.15, -0.1) is 0 Å². The van der Waals surface area contributed by atoms with Crippen LogP contribution < -0.4 is 10.1 Å². The number of hydrogen-bond acceptors (Lipinski definition) is 4. The normalized spacial score (nSPS) is 10.3. The van der Waals surface area contributed by atoms with Crippen molar-refractivity contribution in [2.75, 3.05) is 19.0 Å². The Bertz CT molecular complexity index is 470. The summed E-state index contributed by atoms with van der Waals surface area (Å²) in [6, 6.07) is 5.80. The van der Waals surface area contributed by atoms with Crippen molar-refractivity contribution in [3.05, 3.63) is 24.4 Å². The van der Waals surface area contributed by atoms with Gasteiger partial charge in [-0.1, -0.05) is 0 Å². The summed E-state index contributed by atoms with van der Waals surface area (Å²) in [5.41, 5.74) is 0.844. The molecule has 4 heteroatoms. The van der Waals surface area contributed by atoms with Gasteiger partial charge in [0.25, 0.3) is 0 Å². The second-order valence-corrected chi connectivity index (χ2v) is 3.15. The lowest BCUT2D eigenvalue weighted by atomic mass is 10.2. The van der Waals surface area contributed by atoms with E-state index in [0.29, 0.717) is 5.88 Å². The Morgan fingerprint density at radius 3 is 3.00 bits per heavy atom. The molecule has 2 aromatic rings. The second kappa shape index (κ2) is 4.13. The maximum atomic E-state index is 5.05. The SMILES string of the molecule is CCNc1cc2ccc(OC)nc2cn1. The van der Waals surface area contributed by atoms with Crippen LogP contribution in [-0.4, -0.2) is 23.6 Å². The van der Waals surface area contributed by atoms with Gasteiger partial charge in [-0.05, 0) is 19.1 Å². The van der Waals surface area contributed by atoms with Gasteiger partial charge in [0.15, 0.2) is 0 Å². The van der Waals surface area contributed by atoms with E-state index >= 15 is 0 Å². The van der Waals surface area contributed by atoms with E-state index in [9.17, 15) is 0 Å². The number of pyridine rings is 2. The molecule has 4 nitrogen and oxygen atoms in total. The molecule has 0 amide bonds. The molecule has 0 saturated heterocycles. The minimum Gasteiger partial charge on any atom is -0.481 e. The molecular formula is C11H13N3O. The first-order valence-electron chi connectivity index (χ1n) is 4.88. The molecule has 0 atom stereocenters. The van der Waals surface area contributed by atoms with Crippen molar-refractivity contribution in [3.8, 4) is 5.88 Å². The molecular weight excluding hydrogens is 190 g/mol. The number of rotatable bonds is 3. The molecule has 2 aromatic heterocycles. The number of hydrogen-bond donors (Lipinski definition) is 1. The molecule has 0 unspecified atom stereocenters. The van der Waals surface area contributed by atoms with Crippen molar-refractivity contribution < 1.29 is 4.74 Å². The fourth-order valence-electron chi connectivity index (χ4n) is 1.40. The topological polar surface area (TPSA) is 47.0 Å². The number of methoxy groups -OCH3 is 1. The van der Waals surface area contributed by atoms with Crippen LogP contribution in [0, 0.1) is 0 Å². The van der Waals surface area contributed by atoms with Crippen molar-refractivity contribution in [2.45, 2.75) is 6.92 Å². The molecule has 2 heterocycles. The number of ether oxygens (including phenoxy) is 1. The Kier molecular flexibility index (Phi) is 2.67. The third kappa shape index (κ3) is 1.98. The first-order valence-corrected chi connectivity index (χ1v) is 4.88. The largest absolute Gasteiger partial charge is 0.481 e. The summed E-state index contributed by atoms with van der Waals surface area (Å²) in [6.45, 7) is 2.90. The Morgan fingerprint density at radius 1 is 1.40 bits per heavy atom. The van der Waals surface area contributed by atoms with Crippen LogP contribution in [0.15, 0.2) is 24.4 Å². The Labute approximate surface area is 88.3 Å². The summed E-state index contributed by atoms with van der Waals surface area (Å²) < 4.78 is 5.05. The maximum Gasteiger partial charge on any atom is 0.213 e. The van der Waals surface area contributed by atoms with E-state index in [-0.39, 0.29) is 0 Å². The van der Waals surface area contributed by atoms with E-state index in [2.05, 4.69) is 15.3 Å². The van der Waals surface area contributed by atoms with Gasteiger partial charge in [0.1, 0.15) is 5.82 Å². The molecule has 1 N–H and O–H groups in total. The lowest BCUT2D eigenvalue weighted by Crippen LogP contribution is -1.99. The van der Waals surface area contributed by atoms with Crippen molar-refractivity contribution >= 4 is 16.7 Å². The zero-order valence-corrected chi connectivity index (χ0v) is 8.82. The van der Waals surface area contributed by atoms with Crippen molar-refractivity contribution in [1.29, 1.82) is 0 Å². The van der Waals surface area contributed by atoms with Crippen LogP contribution in [0.2, 0.25) is 0 Å². The standard InChI is InChI=1S/C11H13N3O/c1-3-12-10-6-8-4-5-11(15-2)14-9(8)7-13-10/h4-7H,3H2,1-2H3,(H,12,13).